The summed E-state index contributed by atoms with van der Waals surface area (Å²) < 4.78 is 0. The predicted molar refractivity (Wildman–Crippen MR) is 171 cm³/mol. The maximum absolute atomic E-state index is 13.3. The number of allylic oxidation sites excluding steroid dienone is 8. The molecule has 0 atom stereocenters. The Morgan fingerprint density at radius 3 is 1.72 bits per heavy atom. The topological polar surface area (TPSA) is 40.1 Å². The van der Waals surface area contributed by atoms with E-state index >= 15 is 0 Å². The first kappa shape index (κ1) is 31.6. The van der Waals surface area contributed by atoms with E-state index in [0.29, 0.717) is 11.1 Å². The van der Waals surface area contributed by atoms with Crippen LogP contribution in [-0.4, -0.2) is 5.78 Å². The van der Waals surface area contributed by atoms with Gasteiger partial charge in [0.15, 0.2) is 5.78 Å². The number of ketones is 1. The number of carbonyl (C=O) groups excluding carboxylic acids is 1. The Hall–Kier alpha value is -1.91. The molecule has 2 heterocycles. The van der Waals surface area contributed by atoms with Crippen molar-refractivity contribution in [1.82, 2.24) is 0 Å². The van der Waals surface area contributed by atoms with Gasteiger partial charge in [-0.2, -0.15) is 0 Å². The fourth-order valence-electron chi connectivity index (χ4n) is 4.61. The molecule has 0 spiro atoms. The van der Waals surface area contributed by atoms with Crippen LogP contribution in [0.25, 0.3) is 6.08 Å². The van der Waals surface area contributed by atoms with Gasteiger partial charge in [0.1, 0.15) is 0 Å². The van der Waals surface area contributed by atoms with Crippen LogP contribution in [0.5, 0.6) is 0 Å². The average Bonchev–Trinajstić information content (AvgIpc) is 2.71. The van der Waals surface area contributed by atoms with Crippen molar-refractivity contribution in [1.29, 1.82) is 0 Å². The molecule has 0 amide bonds. The van der Waals surface area contributed by atoms with Gasteiger partial charge in [-0.25, -0.2) is 0 Å². The number of hydrogen-bond acceptors (Lipinski definition) is 3. The predicted octanol–water partition coefficient (Wildman–Crippen LogP) is 9.81. The zero-order valence-corrected chi connectivity index (χ0v) is 27.9. The SMILES string of the molecule is CC(C)(C)CC1=CC(=CC2=C([O-])C(=Cc3cc(CC(C)(C)C)[s+]c(C(C)(C)C)c3)C2=O)C=C(CC(C)(C)C)S1. The molecule has 0 saturated carbocycles. The van der Waals surface area contributed by atoms with Crippen molar-refractivity contribution in [3.05, 3.63) is 78.0 Å². The normalized spacial score (nSPS) is 18.3. The number of thioether (sulfide) groups is 1. The lowest BCUT2D eigenvalue weighted by atomic mass is 9.84. The third-order valence-electron chi connectivity index (χ3n) is 6.24. The molecule has 0 fully saturated rings. The summed E-state index contributed by atoms with van der Waals surface area (Å²) in [4.78, 5) is 18.4. The van der Waals surface area contributed by atoms with Gasteiger partial charge in [-0.15, -0.1) is 0 Å². The Morgan fingerprint density at radius 1 is 0.769 bits per heavy atom. The molecule has 1 aliphatic heterocycles. The fourth-order valence-corrected chi connectivity index (χ4v) is 7.84. The molecule has 39 heavy (non-hydrogen) atoms. The number of Topliss-reactive ketones (excluding diaryl/α,β-unsaturated/α-hetero) is 1. The second-order valence-electron chi connectivity index (χ2n) is 15.8. The third kappa shape index (κ3) is 9.32. The minimum atomic E-state index is -0.149. The lowest BCUT2D eigenvalue weighted by molar-refractivity contribution is -0.300. The van der Waals surface area contributed by atoms with E-state index in [1.165, 1.54) is 19.6 Å². The van der Waals surface area contributed by atoms with Crippen molar-refractivity contribution in [3.8, 4) is 0 Å². The van der Waals surface area contributed by atoms with Crippen LogP contribution < -0.4 is 5.11 Å². The standard InChI is InChI=1S/C35H48O2S2/c1-32(2,3)19-24-13-22(14-25(38-24)20-33(4,5)6)16-27-30(36)28(31(27)37)17-23-15-26(21-34(7,8)9)39-29(18-23)35(10,11)12/h13-18H,19-21H2,1-12H3. The van der Waals surface area contributed by atoms with E-state index in [1.807, 2.05) is 29.2 Å². The second-order valence-corrected chi connectivity index (χ2v) is 18.2. The van der Waals surface area contributed by atoms with Crippen molar-refractivity contribution in [2.45, 2.75) is 108 Å². The largest absolute Gasteiger partial charge is 0.871 e. The molecule has 0 radical (unpaired) electrons. The van der Waals surface area contributed by atoms with E-state index in [0.717, 1.165) is 30.4 Å². The molecule has 0 saturated heterocycles. The summed E-state index contributed by atoms with van der Waals surface area (Å²) in [5.74, 6) is -0.297. The van der Waals surface area contributed by atoms with E-state index in [9.17, 15) is 9.90 Å². The summed E-state index contributed by atoms with van der Waals surface area (Å²) in [7, 11) is 0. The molecule has 0 bridgehead atoms. The quantitative estimate of drug-likeness (QED) is 0.264. The van der Waals surface area contributed by atoms with Crippen molar-refractivity contribution >= 4 is 35.0 Å². The van der Waals surface area contributed by atoms with E-state index in [4.69, 9.17) is 0 Å². The molecule has 2 aliphatic rings. The van der Waals surface area contributed by atoms with Gasteiger partial charge >= 0.3 is 0 Å². The molecule has 2 nitrogen and oxygen atoms in total. The fraction of sp³-hybridized carbons (Fsp3) is 0.543. The molecular formula is C35H48O2S2. The molecule has 0 unspecified atom stereocenters. The molecule has 0 N–H and O–H groups in total. The molecule has 1 aromatic rings. The molecule has 1 aromatic heterocycles. The monoisotopic (exact) mass is 564 g/mol. The minimum Gasteiger partial charge on any atom is -0.871 e. The maximum Gasteiger partial charge on any atom is 0.219 e. The number of rotatable bonds is 5. The summed E-state index contributed by atoms with van der Waals surface area (Å²) in [5.41, 5.74) is 2.95. The van der Waals surface area contributed by atoms with Crippen LogP contribution >= 0.6 is 23.1 Å². The van der Waals surface area contributed by atoms with Gasteiger partial charge in [-0.05, 0) is 74.3 Å². The van der Waals surface area contributed by atoms with Crippen LogP contribution in [0.2, 0.25) is 0 Å². The van der Waals surface area contributed by atoms with Gasteiger partial charge < -0.3 is 5.11 Å². The van der Waals surface area contributed by atoms with Crippen LogP contribution in [0, 0.1) is 16.2 Å². The van der Waals surface area contributed by atoms with E-state index < -0.39 is 0 Å². The summed E-state index contributed by atoms with van der Waals surface area (Å²) >= 11 is 3.67. The molecule has 212 valence electrons. The van der Waals surface area contributed by atoms with Gasteiger partial charge in [-0.3, -0.25) is 4.79 Å². The Morgan fingerprint density at radius 2 is 1.28 bits per heavy atom. The highest BCUT2D eigenvalue weighted by molar-refractivity contribution is 8.06. The van der Waals surface area contributed by atoms with E-state index in [1.54, 1.807) is 6.08 Å². The van der Waals surface area contributed by atoms with Gasteiger partial charge in [0, 0.05) is 35.1 Å². The van der Waals surface area contributed by atoms with Crippen molar-refractivity contribution < 1.29 is 9.90 Å². The van der Waals surface area contributed by atoms with Crippen molar-refractivity contribution in [3.63, 3.8) is 0 Å². The van der Waals surface area contributed by atoms with Gasteiger partial charge in [-0.1, -0.05) is 101 Å². The molecular weight excluding hydrogens is 517 g/mol. The van der Waals surface area contributed by atoms with Gasteiger partial charge in [0.05, 0.1) is 0 Å². The zero-order chi connectivity index (χ0) is 29.6. The maximum atomic E-state index is 13.3. The summed E-state index contributed by atoms with van der Waals surface area (Å²) in [6.07, 6.45) is 10.8. The van der Waals surface area contributed by atoms with Crippen LogP contribution in [0.1, 0.15) is 111 Å². The number of hydrogen-bond donors (Lipinski definition) is 0. The Labute approximate surface area is 246 Å². The summed E-state index contributed by atoms with van der Waals surface area (Å²) in [5, 5.41) is 13.3. The van der Waals surface area contributed by atoms with E-state index in [2.05, 4.69) is 107 Å². The van der Waals surface area contributed by atoms with Crippen molar-refractivity contribution in [2.24, 2.45) is 16.2 Å². The van der Waals surface area contributed by atoms with Crippen LogP contribution in [-0.2, 0) is 16.6 Å². The minimum absolute atomic E-state index is 0.00562. The van der Waals surface area contributed by atoms with Crippen LogP contribution in [0.3, 0.4) is 0 Å². The second kappa shape index (κ2) is 11.2. The highest BCUT2D eigenvalue weighted by Gasteiger charge is 2.30. The smallest absolute Gasteiger partial charge is 0.219 e. The lowest BCUT2D eigenvalue weighted by Crippen LogP contribution is -2.29. The summed E-state index contributed by atoms with van der Waals surface area (Å²) in [6, 6.07) is 4.29. The van der Waals surface area contributed by atoms with Crippen molar-refractivity contribution in [2.75, 3.05) is 0 Å². The molecule has 4 heteroatoms. The van der Waals surface area contributed by atoms with E-state index in [-0.39, 0.29) is 33.2 Å². The lowest BCUT2D eigenvalue weighted by Gasteiger charge is -2.30. The first-order chi connectivity index (χ1) is 17.6. The Balaban J connectivity index is 2.01. The molecule has 3 rings (SSSR count). The Kier molecular flexibility index (Phi) is 9.05. The zero-order valence-electron chi connectivity index (χ0n) is 26.2. The average molecular weight is 565 g/mol. The highest BCUT2D eigenvalue weighted by Crippen LogP contribution is 2.44. The van der Waals surface area contributed by atoms with Crippen LogP contribution in [0.15, 0.2) is 62.6 Å². The van der Waals surface area contributed by atoms with Gasteiger partial charge in [0.25, 0.3) is 0 Å². The first-order valence-electron chi connectivity index (χ1n) is 14.1. The first-order valence-corrected chi connectivity index (χ1v) is 15.7. The number of carbonyl (C=O) groups is 1. The summed E-state index contributed by atoms with van der Waals surface area (Å²) in [6.45, 7) is 26.8. The van der Waals surface area contributed by atoms with Gasteiger partial charge in [0.2, 0.25) is 21.1 Å². The Bertz CT molecular complexity index is 1250. The molecule has 1 aliphatic carbocycles. The molecule has 0 aromatic carbocycles. The highest BCUT2D eigenvalue weighted by atomic mass is 32.2. The third-order valence-corrected chi connectivity index (χ3v) is 8.76. The van der Waals surface area contributed by atoms with Crippen LogP contribution in [0.4, 0.5) is 0 Å².